The molecule has 0 saturated carbocycles. The lowest BCUT2D eigenvalue weighted by atomic mass is 10.0. The van der Waals surface area contributed by atoms with E-state index >= 15 is 0 Å². The molecule has 0 bridgehead atoms. The molecule has 1 saturated heterocycles. The van der Waals surface area contributed by atoms with Gasteiger partial charge in [0.15, 0.2) is 5.13 Å². The molecule has 1 aliphatic heterocycles. The van der Waals surface area contributed by atoms with Gasteiger partial charge in [0.2, 0.25) is 0 Å². The number of piperazine rings is 1. The van der Waals surface area contributed by atoms with Crippen LogP contribution in [-0.2, 0) is 12.7 Å². The number of carbonyl (C=O) groups is 2. The Kier molecular flexibility index (Phi) is 9.89. The summed E-state index contributed by atoms with van der Waals surface area (Å²) in [6, 6.07) is 8.76. The Balaban J connectivity index is 0.000000353. The minimum absolute atomic E-state index is 0.101. The summed E-state index contributed by atoms with van der Waals surface area (Å²) >= 11 is 1.12. The van der Waals surface area contributed by atoms with Crippen molar-refractivity contribution in [3.8, 4) is 0 Å². The second kappa shape index (κ2) is 12.9. The number of thiazole rings is 1. The number of aromatic carboxylic acids is 1. The van der Waals surface area contributed by atoms with Gasteiger partial charge in [-0.1, -0.05) is 23.5 Å². The first kappa shape index (κ1) is 29.9. The second-order valence-corrected chi connectivity index (χ2v) is 10.1. The molecule has 0 radical (unpaired) electrons. The van der Waals surface area contributed by atoms with Crippen LogP contribution in [0.5, 0.6) is 0 Å². The van der Waals surface area contributed by atoms with Crippen molar-refractivity contribution < 1.29 is 27.9 Å². The van der Waals surface area contributed by atoms with Gasteiger partial charge in [-0.15, -0.1) is 0 Å². The number of halogens is 3. The van der Waals surface area contributed by atoms with Crippen molar-refractivity contribution in [2.45, 2.75) is 19.6 Å². The first-order chi connectivity index (χ1) is 18.4. The number of nitrogen functional groups attached to an aromatic ring is 1. The topological polar surface area (TPSA) is 124 Å². The molecule has 210 valence electrons. The number of alkyl halides is 3. The van der Waals surface area contributed by atoms with Gasteiger partial charge in [-0.2, -0.15) is 13.2 Å². The molecule has 4 rings (SSSR count). The minimum atomic E-state index is -4.50. The number of hydrogen-bond acceptors (Lipinski definition) is 8. The molecule has 1 aliphatic rings. The van der Waals surface area contributed by atoms with Crippen LogP contribution in [0.15, 0.2) is 42.6 Å². The number of nitrogens with one attached hydrogen (secondary N) is 2. The van der Waals surface area contributed by atoms with Gasteiger partial charge in [-0.05, 0) is 49.4 Å². The quantitative estimate of drug-likeness (QED) is 0.323. The van der Waals surface area contributed by atoms with E-state index in [4.69, 9.17) is 10.8 Å². The molecule has 1 fully saturated rings. The number of likely N-dealkylation sites (N-methyl/N-ethyl adjacent to an activating group) is 1. The average molecular weight is 565 g/mol. The van der Waals surface area contributed by atoms with E-state index in [2.05, 4.69) is 20.5 Å². The molecule has 1 amide bonds. The SMILES string of the molecule is CNc1ncc(C(=O)O)s1.Cc1ccc(C(=O)Nc2ccc(CN3CCN(C)CC3)c(C(F)(F)F)c2)cc1N. The lowest BCUT2D eigenvalue weighted by Gasteiger charge is -2.33. The molecule has 1 aromatic heterocycles. The van der Waals surface area contributed by atoms with Crippen LogP contribution >= 0.6 is 11.3 Å². The highest BCUT2D eigenvalue weighted by atomic mass is 32.1. The summed E-state index contributed by atoms with van der Waals surface area (Å²) in [5, 5.41) is 14.3. The Morgan fingerprint density at radius 2 is 1.82 bits per heavy atom. The number of carboxylic acids is 1. The smallest absolute Gasteiger partial charge is 0.416 e. The van der Waals surface area contributed by atoms with E-state index in [0.717, 1.165) is 49.1 Å². The summed E-state index contributed by atoms with van der Waals surface area (Å²) in [5.74, 6) is -1.43. The Morgan fingerprint density at radius 3 is 2.36 bits per heavy atom. The number of hydrogen-bond donors (Lipinski definition) is 4. The summed E-state index contributed by atoms with van der Waals surface area (Å²) in [5.41, 5.74) is 6.98. The molecular weight excluding hydrogens is 533 g/mol. The Morgan fingerprint density at radius 1 is 1.13 bits per heavy atom. The fraction of sp³-hybridized carbons (Fsp3) is 0.346. The van der Waals surface area contributed by atoms with E-state index in [1.807, 2.05) is 18.9 Å². The average Bonchev–Trinajstić information content (AvgIpc) is 3.38. The Labute approximate surface area is 228 Å². The third-order valence-electron chi connectivity index (χ3n) is 6.13. The van der Waals surface area contributed by atoms with Crippen molar-refractivity contribution in [2.24, 2.45) is 0 Å². The maximum atomic E-state index is 13.6. The van der Waals surface area contributed by atoms with E-state index < -0.39 is 23.6 Å². The van der Waals surface area contributed by atoms with Crippen LogP contribution < -0.4 is 16.4 Å². The number of aromatic nitrogens is 1. The molecule has 0 aliphatic carbocycles. The van der Waals surface area contributed by atoms with Crippen LogP contribution in [0.2, 0.25) is 0 Å². The molecule has 0 atom stereocenters. The number of aryl methyl sites for hydroxylation is 1. The zero-order chi connectivity index (χ0) is 28.7. The monoisotopic (exact) mass is 564 g/mol. The molecule has 5 N–H and O–H groups in total. The molecule has 0 spiro atoms. The highest BCUT2D eigenvalue weighted by molar-refractivity contribution is 7.17. The van der Waals surface area contributed by atoms with Crippen molar-refractivity contribution in [3.05, 3.63) is 69.7 Å². The van der Waals surface area contributed by atoms with E-state index in [-0.39, 0.29) is 22.7 Å². The van der Waals surface area contributed by atoms with Gasteiger partial charge in [0.25, 0.3) is 5.91 Å². The minimum Gasteiger partial charge on any atom is -0.477 e. The zero-order valence-electron chi connectivity index (χ0n) is 21.8. The van der Waals surface area contributed by atoms with Gasteiger partial charge >= 0.3 is 12.1 Å². The first-order valence-corrected chi connectivity index (χ1v) is 12.8. The molecule has 2 aromatic carbocycles. The molecule has 9 nitrogen and oxygen atoms in total. The van der Waals surface area contributed by atoms with Crippen molar-refractivity contribution in [3.63, 3.8) is 0 Å². The largest absolute Gasteiger partial charge is 0.477 e. The maximum absolute atomic E-state index is 13.6. The van der Waals surface area contributed by atoms with Crippen LogP contribution in [0.3, 0.4) is 0 Å². The highest BCUT2D eigenvalue weighted by Crippen LogP contribution is 2.34. The van der Waals surface area contributed by atoms with E-state index in [1.54, 1.807) is 19.2 Å². The van der Waals surface area contributed by atoms with Gasteiger partial charge < -0.3 is 26.4 Å². The molecular formula is C26H31F3N6O3S. The van der Waals surface area contributed by atoms with Crippen molar-refractivity contribution in [1.29, 1.82) is 0 Å². The number of nitrogens with two attached hydrogens (primary N) is 1. The molecule has 13 heteroatoms. The summed E-state index contributed by atoms with van der Waals surface area (Å²) in [4.78, 5) is 30.9. The van der Waals surface area contributed by atoms with E-state index in [9.17, 15) is 22.8 Å². The molecule has 39 heavy (non-hydrogen) atoms. The lowest BCUT2D eigenvalue weighted by Crippen LogP contribution is -2.44. The van der Waals surface area contributed by atoms with Crippen molar-refractivity contribution in [2.75, 3.05) is 56.6 Å². The number of benzene rings is 2. The predicted octanol–water partition coefficient (Wildman–Crippen LogP) is 4.48. The van der Waals surface area contributed by atoms with Gasteiger partial charge in [-0.25, -0.2) is 9.78 Å². The van der Waals surface area contributed by atoms with Crippen LogP contribution in [0.4, 0.5) is 29.7 Å². The fourth-order valence-corrected chi connectivity index (χ4v) is 4.38. The van der Waals surface area contributed by atoms with E-state index in [0.29, 0.717) is 16.4 Å². The van der Waals surface area contributed by atoms with Gasteiger partial charge in [0.05, 0.1) is 11.8 Å². The number of carboxylic acid groups (broad SMARTS) is 1. The highest BCUT2D eigenvalue weighted by Gasteiger charge is 2.34. The number of amides is 1. The Bertz CT molecular complexity index is 1310. The lowest BCUT2D eigenvalue weighted by molar-refractivity contribution is -0.138. The number of rotatable bonds is 6. The molecule has 2 heterocycles. The standard InChI is InChI=1S/C21H25F3N4O.C5H6N2O2S/c1-14-3-4-15(11-19(14)25)20(29)26-17-6-5-16(18(12-17)21(22,23)24)13-28-9-7-27(2)8-10-28;1-6-5-7-2-3(10-5)4(8)9/h3-6,11-12H,7-10,13,25H2,1-2H3,(H,26,29);2H,1H3,(H,6,7)(H,8,9). The number of anilines is 3. The fourth-order valence-electron chi connectivity index (χ4n) is 3.78. The normalized spacial score (nSPS) is 14.3. The van der Waals surface area contributed by atoms with Gasteiger partial charge in [0, 0.05) is 56.7 Å². The summed E-state index contributed by atoms with van der Waals surface area (Å²) < 4.78 is 40.9. The van der Waals surface area contributed by atoms with Crippen molar-refractivity contribution >= 4 is 39.7 Å². The van der Waals surface area contributed by atoms with Gasteiger partial charge in [-0.3, -0.25) is 9.69 Å². The zero-order valence-corrected chi connectivity index (χ0v) is 22.6. The van der Waals surface area contributed by atoms with Crippen molar-refractivity contribution in [1.82, 2.24) is 14.8 Å². The maximum Gasteiger partial charge on any atom is 0.416 e. The molecule has 0 unspecified atom stereocenters. The van der Waals surface area contributed by atoms with Crippen LogP contribution in [-0.4, -0.2) is 72.0 Å². The first-order valence-electron chi connectivity index (χ1n) is 12.0. The predicted molar refractivity (Wildman–Crippen MR) is 146 cm³/mol. The summed E-state index contributed by atoms with van der Waals surface area (Å²) in [6.07, 6.45) is -3.17. The third-order valence-corrected chi connectivity index (χ3v) is 7.14. The van der Waals surface area contributed by atoms with Gasteiger partial charge in [0.1, 0.15) is 4.88 Å². The summed E-state index contributed by atoms with van der Waals surface area (Å²) in [6.45, 7) is 5.14. The molecule has 3 aromatic rings. The summed E-state index contributed by atoms with van der Waals surface area (Å²) in [7, 11) is 3.70. The van der Waals surface area contributed by atoms with Crippen LogP contribution in [0.25, 0.3) is 0 Å². The van der Waals surface area contributed by atoms with Crippen LogP contribution in [0.1, 0.15) is 36.7 Å². The second-order valence-electron chi connectivity index (χ2n) is 9.06. The van der Waals surface area contributed by atoms with E-state index in [1.165, 1.54) is 24.4 Å². The third kappa shape index (κ3) is 8.40. The number of nitrogens with zero attached hydrogens (tertiary/aromatic N) is 3. The number of carbonyl (C=O) groups excluding carboxylic acids is 1. The Hall–Kier alpha value is -3.68. The van der Waals surface area contributed by atoms with Crippen LogP contribution in [0, 0.1) is 6.92 Å².